The highest BCUT2D eigenvalue weighted by atomic mass is 16.5. The summed E-state index contributed by atoms with van der Waals surface area (Å²) in [6.45, 7) is 5.75. The molecule has 5 heteroatoms. The average molecular weight is 338 g/mol. The topological polar surface area (TPSA) is 50.3 Å². The molecule has 0 aromatic carbocycles. The zero-order valence-electron chi connectivity index (χ0n) is 14.8. The summed E-state index contributed by atoms with van der Waals surface area (Å²) in [5.74, 6) is 0.554. The maximum absolute atomic E-state index is 6.18. The summed E-state index contributed by atoms with van der Waals surface area (Å²) in [6.07, 6.45) is 6.42. The van der Waals surface area contributed by atoms with Gasteiger partial charge in [0.2, 0.25) is 0 Å². The quantitative estimate of drug-likeness (QED) is 0.908. The van der Waals surface area contributed by atoms with Crippen molar-refractivity contribution >= 4 is 5.69 Å². The van der Waals surface area contributed by atoms with E-state index in [1.807, 2.05) is 12.3 Å². The molecule has 25 heavy (non-hydrogen) atoms. The lowest BCUT2D eigenvalue weighted by molar-refractivity contribution is -0.0748. The van der Waals surface area contributed by atoms with Crippen molar-refractivity contribution in [3.8, 4) is 0 Å². The molecule has 1 N–H and O–H groups in total. The Morgan fingerprint density at radius 3 is 3.04 bits per heavy atom. The highest BCUT2D eigenvalue weighted by Crippen LogP contribution is 2.35. The third-order valence-electron chi connectivity index (χ3n) is 5.38. The van der Waals surface area contributed by atoms with E-state index >= 15 is 0 Å². The zero-order valence-corrected chi connectivity index (χ0v) is 14.8. The fourth-order valence-corrected chi connectivity index (χ4v) is 4.16. The van der Waals surface area contributed by atoms with Crippen LogP contribution in [0.2, 0.25) is 0 Å². The lowest BCUT2D eigenvalue weighted by atomic mass is 10.0. The SMILES string of the molecule is Cc1cccc(CN2CCOC3C(CNc4cccnc4)CCC32)n1. The molecule has 2 aromatic heterocycles. The summed E-state index contributed by atoms with van der Waals surface area (Å²) in [7, 11) is 0. The van der Waals surface area contributed by atoms with Crippen LogP contribution >= 0.6 is 0 Å². The van der Waals surface area contributed by atoms with Crippen LogP contribution in [-0.4, -0.2) is 46.7 Å². The first-order valence-electron chi connectivity index (χ1n) is 9.22. The first-order chi connectivity index (χ1) is 12.3. The van der Waals surface area contributed by atoms with Crippen molar-refractivity contribution < 1.29 is 4.74 Å². The van der Waals surface area contributed by atoms with E-state index in [1.54, 1.807) is 6.20 Å². The number of nitrogens with zero attached hydrogens (tertiary/aromatic N) is 3. The third-order valence-corrected chi connectivity index (χ3v) is 5.38. The number of fused-ring (bicyclic) bond motifs is 1. The van der Waals surface area contributed by atoms with Gasteiger partial charge in [0, 0.05) is 49.7 Å². The minimum absolute atomic E-state index is 0.322. The van der Waals surface area contributed by atoms with Crippen molar-refractivity contribution in [2.45, 2.75) is 38.5 Å². The van der Waals surface area contributed by atoms with Crippen molar-refractivity contribution in [1.29, 1.82) is 0 Å². The van der Waals surface area contributed by atoms with Crippen molar-refractivity contribution in [3.05, 3.63) is 54.1 Å². The third kappa shape index (κ3) is 3.83. The standard InChI is InChI=1S/C20H26N4O/c1-15-4-2-5-18(23-15)14-24-10-11-25-20-16(7-8-19(20)24)12-22-17-6-3-9-21-13-17/h2-6,9,13,16,19-20,22H,7-8,10-12,14H2,1H3. The molecule has 1 aliphatic heterocycles. The van der Waals surface area contributed by atoms with Crippen molar-refractivity contribution in [2.75, 3.05) is 25.0 Å². The lowest BCUT2D eigenvalue weighted by Crippen LogP contribution is -2.50. The largest absolute Gasteiger partial charge is 0.383 e. The smallest absolute Gasteiger partial charge is 0.0775 e. The van der Waals surface area contributed by atoms with Crippen LogP contribution in [0.5, 0.6) is 0 Å². The molecule has 1 aliphatic carbocycles. The first kappa shape index (κ1) is 16.5. The fraction of sp³-hybridized carbons (Fsp3) is 0.500. The molecule has 3 unspecified atom stereocenters. The van der Waals surface area contributed by atoms with E-state index in [1.165, 1.54) is 12.8 Å². The number of aryl methyl sites for hydroxylation is 1. The van der Waals surface area contributed by atoms with Crippen LogP contribution in [0.25, 0.3) is 0 Å². The van der Waals surface area contributed by atoms with Crippen LogP contribution in [0.3, 0.4) is 0 Å². The number of morpholine rings is 1. The Hall–Kier alpha value is -1.98. The van der Waals surface area contributed by atoms with Gasteiger partial charge in [-0.15, -0.1) is 0 Å². The van der Waals surface area contributed by atoms with E-state index in [0.717, 1.165) is 43.3 Å². The molecule has 2 aliphatic rings. The molecule has 0 spiro atoms. The second-order valence-corrected chi connectivity index (χ2v) is 7.10. The van der Waals surface area contributed by atoms with Crippen LogP contribution in [0.15, 0.2) is 42.7 Å². The predicted molar refractivity (Wildman–Crippen MR) is 98.4 cm³/mol. The van der Waals surface area contributed by atoms with Gasteiger partial charge in [-0.05, 0) is 44.0 Å². The van der Waals surface area contributed by atoms with Crippen LogP contribution in [0.1, 0.15) is 24.2 Å². The van der Waals surface area contributed by atoms with Gasteiger partial charge in [-0.25, -0.2) is 0 Å². The van der Waals surface area contributed by atoms with Crippen molar-refractivity contribution in [2.24, 2.45) is 5.92 Å². The number of hydrogen-bond donors (Lipinski definition) is 1. The minimum atomic E-state index is 0.322. The van der Waals surface area contributed by atoms with Gasteiger partial charge in [0.05, 0.1) is 24.1 Å². The zero-order chi connectivity index (χ0) is 17.1. The Bertz CT molecular complexity index is 693. The molecule has 2 fully saturated rings. The molecule has 1 saturated heterocycles. The predicted octanol–water partition coefficient (Wildman–Crippen LogP) is 2.88. The Morgan fingerprint density at radius 2 is 2.20 bits per heavy atom. The van der Waals surface area contributed by atoms with E-state index in [4.69, 9.17) is 4.74 Å². The highest BCUT2D eigenvalue weighted by molar-refractivity contribution is 5.39. The number of nitrogens with one attached hydrogen (secondary N) is 1. The molecule has 5 nitrogen and oxygen atoms in total. The molecule has 0 radical (unpaired) electrons. The molecule has 3 heterocycles. The summed E-state index contributed by atoms with van der Waals surface area (Å²) in [4.78, 5) is 11.4. The van der Waals surface area contributed by atoms with Crippen LogP contribution in [-0.2, 0) is 11.3 Å². The molecular weight excluding hydrogens is 312 g/mol. The van der Waals surface area contributed by atoms with Gasteiger partial charge in [0.1, 0.15) is 0 Å². The molecule has 3 atom stereocenters. The lowest BCUT2D eigenvalue weighted by Gasteiger charge is -2.39. The number of hydrogen-bond acceptors (Lipinski definition) is 5. The van der Waals surface area contributed by atoms with E-state index < -0.39 is 0 Å². The number of aromatic nitrogens is 2. The van der Waals surface area contributed by atoms with Crippen LogP contribution in [0, 0.1) is 12.8 Å². The Kier molecular flexibility index (Phi) is 4.95. The Morgan fingerprint density at radius 1 is 1.24 bits per heavy atom. The first-order valence-corrected chi connectivity index (χ1v) is 9.22. The summed E-state index contributed by atoms with van der Waals surface area (Å²) >= 11 is 0. The summed E-state index contributed by atoms with van der Waals surface area (Å²) in [5.41, 5.74) is 3.34. The Balaban J connectivity index is 1.38. The number of pyridine rings is 2. The Labute approximate surface area is 149 Å². The van der Waals surface area contributed by atoms with Crippen LogP contribution in [0.4, 0.5) is 5.69 Å². The molecule has 0 amide bonds. The summed E-state index contributed by atoms with van der Waals surface area (Å²) in [5, 5.41) is 3.52. The monoisotopic (exact) mass is 338 g/mol. The van der Waals surface area contributed by atoms with E-state index in [0.29, 0.717) is 18.1 Å². The molecule has 1 saturated carbocycles. The van der Waals surface area contributed by atoms with E-state index in [2.05, 4.69) is 51.4 Å². The highest BCUT2D eigenvalue weighted by Gasteiger charge is 2.42. The van der Waals surface area contributed by atoms with Crippen molar-refractivity contribution in [1.82, 2.24) is 14.9 Å². The molecule has 0 bridgehead atoms. The normalized spacial score (nSPS) is 26.4. The summed E-state index contributed by atoms with van der Waals surface area (Å²) < 4.78 is 6.18. The van der Waals surface area contributed by atoms with Crippen molar-refractivity contribution in [3.63, 3.8) is 0 Å². The average Bonchev–Trinajstić information content (AvgIpc) is 3.05. The van der Waals surface area contributed by atoms with E-state index in [-0.39, 0.29) is 0 Å². The summed E-state index contributed by atoms with van der Waals surface area (Å²) in [6, 6.07) is 10.8. The van der Waals surface area contributed by atoms with Gasteiger partial charge in [-0.1, -0.05) is 6.07 Å². The van der Waals surface area contributed by atoms with Gasteiger partial charge in [-0.2, -0.15) is 0 Å². The molecule has 2 aromatic rings. The second kappa shape index (κ2) is 7.50. The maximum atomic E-state index is 6.18. The number of ether oxygens (including phenoxy) is 1. The molecular formula is C20H26N4O. The fourth-order valence-electron chi connectivity index (χ4n) is 4.16. The van der Waals surface area contributed by atoms with Gasteiger partial charge >= 0.3 is 0 Å². The maximum Gasteiger partial charge on any atom is 0.0775 e. The molecule has 132 valence electrons. The van der Waals surface area contributed by atoms with Gasteiger partial charge < -0.3 is 10.1 Å². The minimum Gasteiger partial charge on any atom is -0.383 e. The molecule has 4 rings (SSSR count). The second-order valence-electron chi connectivity index (χ2n) is 7.10. The van der Waals surface area contributed by atoms with Gasteiger partial charge in [-0.3, -0.25) is 14.9 Å². The number of rotatable bonds is 5. The number of anilines is 1. The van der Waals surface area contributed by atoms with Gasteiger partial charge in [0.25, 0.3) is 0 Å². The van der Waals surface area contributed by atoms with Gasteiger partial charge in [0.15, 0.2) is 0 Å². The van der Waals surface area contributed by atoms with Crippen LogP contribution < -0.4 is 5.32 Å². The van der Waals surface area contributed by atoms with E-state index in [9.17, 15) is 0 Å².